The van der Waals surface area contributed by atoms with Crippen LogP contribution >= 0.6 is 0 Å². The number of benzene rings is 2. The van der Waals surface area contributed by atoms with Gasteiger partial charge in [0.05, 0.1) is 22.3 Å². The number of nitro benzene ring substituents is 1. The van der Waals surface area contributed by atoms with Gasteiger partial charge in [-0.1, -0.05) is 12.1 Å². The Morgan fingerprint density at radius 2 is 1.86 bits per heavy atom. The van der Waals surface area contributed by atoms with Crippen LogP contribution in [0.5, 0.6) is 0 Å². The molecule has 0 bridgehead atoms. The summed E-state index contributed by atoms with van der Waals surface area (Å²) in [5.41, 5.74) is 3.46. The molecule has 1 amide bonds. The Hall–Kier alpha value is -3.48. The maximum Gasteiger partial charge on any atom is 0.269 e. The summed E-state index contributed by atoms with van der Waals surface area (Å²) >= 11 is 0. The van der Waals surface area contributed by atoms with Crippen LogP contribution in [0, 0.1) is 10.1 Å². The number of rotatable bonds is 2. The van der Waals surface area contributed by atoms with Crippen molar-refractivity contribution in [1.82, 2.24) is 0 Å². The third kappa shape index (κ3) is 2.94. The van der Waals surface area contributed by atoms with Gasteiger partial charge in [-0.05, 0) is 42.7 Å². The van der Waals surface area contributed by atoms with E-state index in [0.717, 1.165) is 17.8 Å². The summed E-state index contributed by atoms with van der Waals surface area (Å²) in [6, 6.07) is 12.9. The third-order valence-corrected chi connectivity index (χ3v) is 5.20. The molecule has 2 aromatic rings. The number of nitro groups is 1. The monoisotopic (exact) mass is 377 g/mol. The predicted octanol–water partition coefficient (Wildman–Crippen LogP) is 4.12. The molecule has 1 aliphatic heterocycles. The molecule has 0 aromatic heterocycles. The molecule has 0 fully saturated rings. The molecular formula is C21H19N3O4. The number of ketones is 1. The molecule has 1 aliphatic carbocycles. The number of hydrogen-bond donors (Lipinski definition) is 1. The first-order chi connectivity index (χ1) is 13.5. The van der Waals surface area contributed by atoms with Crippen LogP contribution < -0.4 is 10.2 Å². The van der Waals surface area contributed by atoms with Crippen molar-refractivity contribution < 1.29 is 14.5 Å². The normalized spacial score (nSPS) is 18.7. The first-order valence-electron chi connectivity index (χ1n) is 9.14. The molecule has 1 heterocycles. The number of nitrogens with one attached hydrogen (secondary N) is 1. The summed E-state index contributed by atoms with van der Waals surface area (Å²) in [4.78, 5) is 37.8. The number of fused-ring (bicyclic) bond motifs is 1. The predicted molar refractivity (Wildman–Crippen MR) is 105 cm³/mol. The van der Waals surface area contributed by atoms with E-state index in [9.17, 15) is 19.7 Å². The van der Waals surface area contributed by atoms with Gasteiger partial charge in [0.1, 0.15) is 0 Å². The van der Waals surface area contributed by atoms with Gasteiger partial charge >= 0.3 is 0 Å². The molecule has 1 N–H and O–H groups in total. The van der Waals surface area contributed by atoms with Gasteiger partial charge in [0.15, 0.2) is 5.78 Å². The van der Waals surface area contributed by atoms with Crippen LogP contribution in [-0.4, -0.2) is 16.6 Å². The summed E-state index contributed by atoms with van der Waals surface area (Å²) in [7, 11) is 0. The summed E-state index contributed by atoms with van der Waals surface area (Å²) in [6.07, 6.45) is 1.89. The lowest BCUT2D eigenvalue weighted by molar-refractivity contribution is -0.384. The summed E-state index contributed by atoms with van der Waals surface area (Å²) < 4.78 is 0. The maximum absolute atomic E-state index is 12.9. The molecule has 4 rings (SSSR count). The molecule has 2 aliphatic rings. The van der Waals surface area contributed by atoms with E-state index in [1.54, 1.807) is 17.0 Å². The molecule has 2 aromatic carbocycles. The van der Waals surface area contributed by atoms with E-state index >= 15 is 0 Å². The second-order valence-corrected chi connectivity index (χ2v) is 6.95. The fraction of sp³-hybridized carbons (Fsp3) is 0.238. The van der Waals surface area contributed by atoms with E-state index in [1.165, 1.54) is 19.1 Å². The Balaban J connectivity index is 1.95. The minimum Gasteiger partial charge on any atom is -0.357 e. The summed E-state index contributed by atoms with van der Waals surface area (Å²) in [5, 5.41) is 14.4. The topological polar surface area (TPSA) is 92.6 Å². The zero-order valence-electron chi connectivity index (χ0n) is 15.3. The maximum atomic E-state index is 12.9. The molecule has 7 nitrogen and oxygen atoms in total. The fourth-order valence-corrected chi connectivity index (χ4v) is 3.98. The number of Topliss-reactive ketones (excluding diaryl/α,β-unsaturated/α-hetero) is 1. The van der Waals surface area contributed by atoms with Crippen LogP contribution in [0.15, 0.2) is 59.8 Å². The van der Waals surface area contributed by atoms with Crippen LogP contribution in [0.1, 0.15) is 37.8 Å². The number of amides is 1. The number of nitrogens with zero attached hydrogens (tertiary/aromatic N) is 2. The number of allylic oxidation sites excluding steroid dienone is 1. The zero-order chi connectivity index (χ0) is 19.8. The number of non-ortho nitro benzene ring substituents is 1. The highest BCUT2D eigenvalue weighted by Gasteiger charge is 2.38. The van der Waals surface area contributed by atoms with E-state index in [-0.39, 0.29) is 17.4 Å². The van der Waals surface area contributed by atoms with Crippen LogP contribution in [0.2, 0.25) is 0 Å². The van der Waals surface area contributed by atoms with E-state index in [1.807, 2.05) is 24.3 Å². The average Bonchev–Trinajstić information content (AvgIpc) is 2.83. The van der Waals surface area contributed by atoms with E-state index in [0.29, 0.717) is 29.7 Å². The smallest absolute Gasteiger partial charge is 0.269 e. The molecule has 142 valence electrons. The molecule has 0 saturated carbocycles. The van der Waals surface area contributed by atoms with Crippen LogP contribution in [0.25, 0.3) is 0 Å². The Labute approximate surface area is 161 Å². The zero-order valence-corrected chi connectivity index (χ0v) is 15.3. The Kier molecular flexibility index (Phi) is 4.43. The van der Waals surface area contributed by atoms with Crippen molar-refractivity contribution in [2.75, 3.05) is 10.2 Å². The second-order valence-electron chi connectivity index (χ2n) is 6.95. The van der Waals surface area contributed by atoms with Gasteiger partial charge in [-0.2, -0.15) is 0 Å². The minimum atomic E-state index is -0.628. The van der Waals surface area contributed by atoms with Crippen molar-refractivity contribution in [2.45, 2.75) is 32.2 Å². The first-order valence-corrected chi connectivity index (χ1v) is 9.14. The second kappa shape index (κ2) is 6.92. The van der Waals surface area contributed by atoms with Gasteiger partial charge < -0.3 is 5.32 Å². The van der Waals surface area contributed by atoms with Crippen molar-refractivity contribution in [1.29, 1.82) is 0 Å². The van der Waals surface area contributed by atoms with Crippen molar-refractivity contribution in [3.8, 4) is 0 Å². The third-order valence-electron chi connectivity index (χ3n) is 5.20. The lowest BCUT2D eigenvalue weighted by Gasteiger charge is -2.33. The van der Waals surface area contributed by atoms with Gasteiger partial charge in [0.2, 0.25) is 5.91 Å². The molecule has 7 heteroatoms. The minimum absolute atomic E-state index is 0.00356. The van der Waals surface area contributed by atoms with Crippen molar-refractivity contribution in [3.63, 3.8) is 0 Å². The molecule has 0 spiro atoms. The number of carbonyl (C=O) groups is 2. The molecule has 0 unspecified atom stereocenters. The van der Waals surface area contributed by atoms with Crippen LogP contribution in [0.4, 0.5) is 17.1 Å². The lowest BCUT2D eigenvalue weighted by Crippen LogP contribution is -2.36. The van der Waals surface area contributed by atoms with Crippen molar-refractivity contribution >= 4 is 28.8 Å². The fourth-order valence-electron chi connectivity index (χ4n) is 3.98. The Morgan fingerprint density at radius 1 is 1.14 bits per heavy atom. The average molecular weight is 377 g/mol. The molecule has 28 heavy (non-hydrogen) atoms. The van der Waals surface area contributed by atoms with Crippen LogP contribution in [0.3, 0.4) is 0 Å². The molecule has 1 atom stereocenters. The number of carbonyl (C=O) groups excluding carboxylic acids is 2. The van der Waals surface area contributed by atoms with Crippen LogP contribution in [-0.2, 0) is 9.59 Å². The van der Waals surface area contributed by atoms with E-state index in [4.69, 9.17) is 0 Å². The number of hydrogen-bond acceptors (Lipinski definition) is 5. The molecule has 0 radical (unpaired) electrons. The standard InChI is InChI=1S/C21H19N3O4/c1-13(25)23-18-7-3-2-5-16(18)22-17-6-4-8-19(26)20(17)21(23)14-9-11-15(12-10-14)24(27)28/h2-3,5,7,9-12,21-22H,4,6,8H2,1H3/t21-/m0/s1. The van der Waals surface area contributed by atoms with Gasteiger partial charge in [0, 0.05) is 36.7 Å². The SMILES string of the molecule is CC(=O)N1c2ccccc2NC2=C(C(=O)CCC2)[C@@H]1c1ccc([N+](=O)[O-])cc1. The summed E-state index contributed by atoms with van der Waals surface area (Å²) in [6.45, 7) is 1.47. The number of anilines is 2. The largest absolute Gasteiger partial charge is 0.357 e. The van der Waals surface area contributed by atoms with Gasteiger partial charge in [-0.15, -0.1) is 0 Å². The van der Waals surface area contributed by atoms with Gasteiger partial charge in [-0.3, -0.25) is 24.6 Å². The number of para-hydroxylation sites is 2. The Bertz CT molecular complexity index is 1010. The molecule has 0 saturated heterocycles. The molecular weight excluding hydrogens is 358 g/mol. The summed E-state index contributed by atoms with van der Waals surface area (Å²) in [5.74, 6) is -0.208. The highest BCUT2D eigenvalue weighted by Crippen LogP contribution is 2.44. The van der Waals surface area contributed by atoms with Gasteiger partial charge in [0.25, 0.3) is 5.69 Å². The van der Waals surface area contributed by atoms with Gasteiger partial charge in [-0.25, -0.2) is 0 Å². The lowest BCUT2D eigenvalue weighted by atomic mass is 9.86. The van der Waals surface area contributed by atoms with Crippen molar-refractivity contribution in [2.24, 2.45) is 0 Å². The first kappa shape index (κ1) is 17.9. The highest BCUT2D eigenvalue weighted by atomic mass is 16.6. The highest BCUT2D eigenvalue weighted by molar-refractivity contribution is 6.05. The van der Waals surface area contributed by atoms with E-state index in [2.05, 4.69) is 5.32 Å². The Morgan fingerprint density at radius 3 is 2.54 bits per heavy atom. The van der Waals surface area contributed by atoms with Crippen molar-refractivity contribution in [3.05, 3.63) is 75.5 Å². The van der Waals surface area contributed by atoms with E-state index < -0.39 is 11.0 Å². The quantitative estimate of drug-likeness (QED) is 0.628.